The molecule has 1 aromatic heterocycles. The highest BCUT2D eigenvalue weighted by molar-refractivity contribution is 5.87. The molecule has 0 atom stereocenters. The molecular weight excluding hydrogens is 332 g/mol. The molecule has 3 aromatic rings. The highest BCUT2D eigenvalue weighted by Gasteiger charge is 2.10. The number of esters is 1. The molecule has 0 aliphatic heterocycles. The largest absolute Gasteiger partial charge is 0.496 e. The van der Waals surface area contributed by atoms with E-state index >= 15 is 0 Å². The third kappa shape index (κ3) is 4.36. The fourth-order valence-electron chi connectivity index (χ4n) is 2.35. The number of carbonyl (C=O) groups excluding carboxylic acids is 1. The maximum absolute atomic E-state index is 11.9. The number of aromatic nitrogens is 2. The van der Waals surface area contributed by atoms with Gasteiger partial charge < -0.3 is 13.9 Å². The van der Waals surface area contributed by atoms with Crippen LogP contribution in [0.1, 0.15) is 17.0 Å². The van der Waals surface area contributed by atoms with Gasteiger partial charge in [0.2, 0.25) is 5.89 Å². The van der Waals surface area contributed by atoms with Crippen LogP contribution in [0.15, 0.2) is 59.0 Å². The molecule has 0 unspecified atom stereocenters. The Hall–Kier alpha value is -3.41. The van der Waals surface area contributed by atoms with Crippen molar-refractivity contribution in [2.45, 2.75) is 13.5 Å². The van der Waals surface area contributed by atoms with Crippen LogP contribution in [0.5, 0.6) is 5.75 Å². The summed E-state index contributed by atoms with van der Waals surface area (Å²) >= 11 is 0. The lowest BCUT2D eigenvalue weighted by atomic mass is 10.1. The Balaban J connectivity index is 1.59. The number of para-hydroxylation sites is 1. The lowest BCUT2D eigenvalue weighted by molar-refractivity contribution is -0.139. The molecule has 0 aliphatic carbocycles. The van der Waals surface area contributed by atoms with Crippen molar-refractivity contribution in [3.8, 4) is 17.2 Å². The van der Waals surface area contributed by atoms with Crippen molar-refractivity contribution in [1.29, 1.82) is 0 Å². The Morgan fingerprint density at radius 1 is 1.15 bits per heavy atom. The van der Waals surface area contributed by atoms with Crippen molar-refractivity contribution >= 4 is 12.0 Å². The van der Waals surface area contributed by atoms with Crippen LogP contribution in [0.4, 0.5) is 0 Å². The van der Waals surface area contributed by atoms with Gasteiger partial charge in [0.05, 0.1) is 7.11 Å². The maximum atomic E-state index is 11.9. The van der Waals surface area contributed by atoms with E-state index in [1.807, 2.05) is 55.5 Å². The van der Waals surface area contributed by atoms with E-state index in [4.69, 9.17) is 13.9 Å². The molecule has 0 radical (unpaired) electrons. The van der Waals surface area contributed by atoms with Gasteiger partial charge in [-0.1, -0.05) is 35.9 Å². The second-order valence-corrected chi connectivity index (χ2v) is 5.55. The molecule has 0 fully saturated rings. The molecule has 0 saturated heterocycles. The van der Waals surface area contributed by atoms with E-state index in [0.717, 1.165) is 16.7 Å². The SMILES string of the molecule is COc1ccccc1/C=C/C(=O)OCc1nnc(-c2cccc(C)c2)o1. The van der Waals surface area contributed by atoms with E-state index in [2.05, 4.69) is 10.2 Å². The molecule has 6 nitrogen and oxygen atoms in total. The molecule has 26 heavy (non-hydrogen) atoms. The van der Waals surface area contributed by atoms with Gasteiger partial charge >= 0.3 is 5.97 Å². The number of hydrogen-bond donors (Lipinski definition) is 0. The van der Waals surface area contributed by atoms with E-state index in [1.54, 1.807) is 13.2 Å². The van der Waals surface area contributed by atoms with E-state index in [-0.39, 0.29) is 12.5 Å². The highest BCUT2D eigenvalue weighted by Crippen LogP contribution is 2.20. The molecule has 0 saturated carbocycles. The monoisotopic (exact) mass is 350 g/mol. The summed E-state index contributed by atoms with van der Waals surface area (Å²) in [6, 6.07) is 15.1. The van der Waals surface area contributed by atoms with Gasteiger partial charge in [0.15, 0.2) is 6.61 Å². The standard InChI is InChI=1S/C20H18N2O4/c1-14-6-5-8-16(12-14)20-22-21-18(26-20)13-25-19(23)11-10-15-7-3-4-9-17(15)24-2/h3-12H,13H2,1-2H3/b11-10+. The molecule has 0 N–H and O–H groups in total. The zero-order chi connectivity index (χ0) is 18.4. The molecule has 2 aromatic carbocycles. The highest BCUT2D eigenvalue weighted by atomic mass is 16.5. The van der Waals surface area contributed by atoms with Gasteiger partial charge in [0.25, 0.3) is 5.89 Å². The van der Waals surface area contributed by atoms with Gasteiger partial charge in [0, 0.05) is 17.2 Å². The molecule has 132 valence electrons. The predicted molar refractivity (Wildman–Crippen MR) is 96.3 cm³/mol. The van der Waals surface area contributed by atoms with E-state index in [1.165, 1.54) is 6.08 Å². The summed E-state index contributed by atoms with van der Waals surface area (Å²) in [5.41, 5.74) is 2.70. The first-order chi connectivity index (χ1) is 12.7. The van der Waals surface area contributed by atoms with Crippen LogP contribution in [-0.4, -0.2) is 23.3 Å². The topological polar surface area (TPSA) is 74.5 Å². The van der Waals surface area contributed by atoms with Crippen molar-refractivity contribution in [2.24, 2.45) is 0 Å². The van der Waals surface area contributed by atoms with Crippen molar-refractivity contribution < 1.29 is 18.7 Å². The maximum Gasteiger partial charge on any atom is 0.331 e. The van der Waals surface area contributed by atoms with Crippen LogP contribution in [0.2, 0.25) is 0 Å². The summed E-state index contributed by atoms with van der Waals surface area (Å²) in [7, 11) is 1.58. The third-order valence-electron chi connectivity index (χ3n) is 3.61. The van der Waals surface area contributed by atoms with Crippen molar-refractivity contribution in [1.82, 2.24) is 10.2 Å². The molecular formula is C20H18N2O4. The number of nitrogens with zero attached hydrogens (tertiary/aromatic N) is 2. The molecule has 0 bridgehead atoms. The number of aryl methyl sites for hydroxylation is 1. The van der Waals surface area contributed by atoms with Crippen LogP contribution >= 0.6 is 0 Å². The van der Waals surface area contributed by atoms with E-state index in [0.29, 0.717) is 11.6 Å². The quantitative estimate of drug-likeness (QED) is 0.497. The molecule has 3 rings (SSSR count). The number of rotatable bonds is 6. The smallest absolute Gasteiger partial charge is 0.331 e. The van der Waals surface area contributed by atoms with E-state index < -0.39 is 5.97 Å². The lowest BCUT2D eigenvalue weighted by Gasteiger charge is -2.03. The molecule has 1 heterocycles. The lowest BCUT2D eigenvalue weighted by Crippen LogP contribution is -2.01. The normalized spacial score (nSPS) is 10.8. The Kier molecular flexibility index (Phi) is 5.43. The zero-order valence-corrected chi connectivity index (χ0v) is 14.5. The van der Waals surface area contributed by atoms with Crippen LogP contribution in [0.3, 0.4) is 0 Å². The fourth-order valence-corrected chi connectivity index (χ4v) is 2.35. The summed E-state index contributed by atoms with van der Waals surface area (Å²) in [5.74, 6) is 0.798. The number of methoxy groups -OCH3 is 1. The van der Waals surface area contributed by atoms with Gasteiger partial charge in [-0.15, -0.1) is 10.2 Å². The number of carbonyl (C=O) groups is 1. The average molecular weight is 350 g/mol. The van der Waals surface area contributed by atoms with Crippen LogP contribution in [0, 0.1) is 6.92 Å². The molecule has 0 aliphatic rings. The minimum atomic E-state index is -0.508. The second-order valence-electron chi connectivity index (χ2n) is 5.55. The summed E-state index contributed by atoms with van der Waals surface area (Å²) in [6.07, 6.45) is 2.96. The van der Waals surface area contributed by atoms with Gasteiger partial charge in [-0.25, -0.2) is 4.79 Å². The Labute approximate surface area is 151 Å². The Morgan fingerprint density at radius 3 is 2.81 bits per heavy atom. The number of hydrogen-bond acceptors (Lipinski definition) is 6. The summed E-state index contributed by atoms with van der Waals surface area (Å²) < 4.78 is 15.9. The Morgan fingerprint density at radius 2 is 2.00 bits per heavy atom. The zero-order valence-electron chi connectivity index (χ0n) is 14.5. The van der Waals surface area contributed by atoms with Crippen LogP contribution in [-0.2, 0) is 16.1 Å². The third-order valence-corrected chi connectivity index (χ3v) is 3.61. The van der Waals surface area contributed by atoms with Gasteiger partial charge in [-0.05, 0) is 31.2 Å². The summed E-state index contributed by atoms with van der Waals surface area (Å²) in [4.78, 5) is 11.9. The molecule has 6 heteroatoms. The summed E-state index contributed by atoms with van der Waals surface area (Å²) in [5, 5.41) is 7.88. The van der Waals surface area contributed by atoms with Crippen molar-refractivity contribution in [2.75, 3.05) is 7.11 Å². The first-order valence-electron chi connectivity index (χ1n) is 8.03. The van der Waals surface area contributed by atoms with Gasteiger partial charge in [0.1, 0.15) is 5.75 Å². The minimum Gasteiger partial charge on any atom is -0.496 e. The minimum absolute atomic E-state index is 0.0894. The summed E-state index contributed by atoms with van der Waals surface area (Å²) in [6.45, 7) is 1.89. The first-order valence-corrected chi connectivity index (χ1v) is 8.03. The molecule has 0 spiro atoms. The van der Waals surface area contributed by atoms with Gasteiger partial charge in [-0.3, -0.25) is 0 Å². The fraction of sp³-hybridized carbons (Fsp3) is 0.150. The van der Waals surface area contributed by atoms with Crippen LogP contribution < -0.4 is 4.74 Å². The predicted octanol–water partition coefficient (Wildman–Crippen LogP) is 3.81. The van der Waals surface area contributed by atoms with E-state index in [9.17, 15) is 4.79 Å². The van der Waals surface area contributed by atoms with Crippen molar-refractivity contribution in [3.63, 3.8) is 0 Å². The molecule has 0 amide bonds. The van der Waals surface area contributed by atoms with Gasteiger partial charge in [-0.2, -0.15) is 0 Å². The number of benzene rings is 2. The average Bonchev–Trinajstić information content (AvgIpc) is 3.14. The second kappa shape index (κ2) is 8.11. The number of ether oxygens (including phenoxy) is 2. The van der Waals surface area contributed by atoms with Crippen molar-refractivity contribution in [3.05, 3.63) is 71.6 Å². The Bertz CT molecular complexity index is 931. The first kappa shape index (κ1) is 17.4. The van der Waals surface area contributed by atoms with Crippen LogP contribution in [0.25, 0.3) is 17.5 Å².